The molecule has 0 saturated heterocycles. The first-order valence-electron chi connectivity index (χ1n) is 5.85. The van der Waals surface area contributed by atoms with Gasteiger partial charge in [-0.3, -0.25) is 0 Å². The van der Waals surface area contributed by atoms with E-state index in [2.05, 4.69) is 25.4 Å². The lowest BCUT2D eigenvalue weighted by Gasteiger charge is -2.24. The van der Waals surface area contributed by atoms with Gasteiger partial charge in [-0.1, -0.05) is 11.6 Å². The monoisotopic (exact) mass is 264 g/mol. The summed E-state index contributed by atoms with van der Waals surface area (Å²) in [6.45, 7) is 2.70. The number of fused-ring (bicyclic) bond motifs is 1. The molecular formula is C11H13ClN6. The molecule has 1 aliphatic heterocycles. The SMILES string of the molecule is Cc1nc2n(n1)CC(Nc1ncncc1Cl)CC2. The minimum absolute atomic E-state index is 0.269. The molecular weight excluding hydrogens is 252 g/mol. The molecule has 3 heterocycles. The fourth-order valence-electron chi connectivity index (χ4n) is 2.16. The Balaban J connectivity index is 1.75. The summed E-state index contributed by atoms with van der Waals surface area (Å²) in [5.41, 5.74) is 0. The van der Waals surface area contributed by atoms with Crippen LogP contribution in [0.1, 0.15) is 18.1 Å². The Hall–Kier alpha value is -1.69. The van der Waals surface area contributed by atoms with Gasteiger partial charge in [-0.25, -0.2) is 19.6 Å². The van der Waals surface area contributed by atoms with Crippen LogP contribution in [0.4, 0.5) is 5.82 Å². The number of aromatic nitrogens is 5. The third-order valence-corrected chi connectivity index (χ3v) is 3.25. The Morgan fingerprint density at radius 2 is 2.39 bits per heavy atom. The lowest BCUT2D eigenvalue weighted by Crippen LogP contribution is -2.32. The molecule has 0 amide bonds. The lowest BCUT2D eigenvalue weighted by atomic mass is 10.1. The molecule has 1 atom stereocenters. The van der Waals surface area contributed by atoms with E-state index in [0.717, 1.165) is 31.0 Å². The molecule has 0 radical (unpaired) electrons. The Morgan fingerprint density at radius 3 is 3.22 bits per heavy atom. The lowest BCUT2D eigenvalue weighted by molar-refractivity contribution is 0.440. The van der Waals surface area contributed by atoms with Crippen LogP contribution in [0.2, 0.25) is 5.02 Å². The van der Waals surface area contributed by atoms with Gasteiger partial charge in [-0.05, 0) is 13.3 Å². The maximum absolute atomic E-state index is 6.03. The Morgan fingerprint density at radius 1 is 1.50 bits per heavy atom. The van der Waals surface area contributed by atoms with Crippen molar-refractivity contribution < 1.29 is 0 Å². The number of nitrogens with one attached hydrogen (secondary N) is 1. The van der Waals surface area contributed by atoms with Gasteiger partial charge in [0, 0.05) is 12.5 Å². The zero-order chi connectivity index (χ0) is 12.5. The molecule has 18 heavy (non-hydrogen) atoms. The quantitative estimate of drug-likeness (QED) is 0.889. The summed E-state index contributed by atoms with van der Waals surface area (Å²) in [6, 6.07) is 0.269. The van der Waals surface area contributed by atoms with Gasteiger partial charge >= 0.3 is 0 Å². The predicted molar refractivity (Wildman–Crippen MR) is 67.5 cm³/mol. The normalized spacial score (nSPS) is 18.4. The average molecular weight is 265 g/mol. The van der Waals surface area contributed by atoms with Crippen molar-refractivity contribution in [2.75, 3.05) is 5.32 Å². The highest BCUT2D eigenvalue weighted by Gasteiger charge is 2.21. The molecule has 1 N–H and O–H groups in total. The molecule has 0 fully saturated rings. The van der Waals surface area contributed by atoms with Gasteiger partial charge in [0.05, 0.1) is 12.7 Å². The molecule has 1 unspecified atom stereocenters. The molecule has 3 rings (SSSR count). The molecule has 0 saturated carbocycles. The number of nitrogens with zero attached hydrogens (tertiary/aromatic N) is 5. The number of aryl methyl sites for hydroxylation is 2. The van der Waals surface area contributed by atoms with Gasteiger partial charge in [0.1, 0.15) is 28.8 Å². The van der Waals surface area contributed by atoms with E-state index in [9.17, 15) is 0 Å². The second-order valence-corrected chi connectivity index (χ2v) is 4.76. The van der Waals surface area contributed by atoms with Crippen molar-refractivity contribution in [1.82, 2.24) is 24.7 Å². The number of rotatable bonds is 2. The van der Waals surface area contributed by atoms with Crippen molar-refractivity contribution in [3.05, 3.63) is 29.2 Å². The largest absolute Gasteiger partial charge is 0.364 e. The fourth-order valence-corrected chi connectivity index (χ4v) is 2.32. The van der Waals surface area contributed by atoms with E-state index in [0.29, 0.717) is 10.8 Å². The van der Waals surface area contributed by atoms with Crippen LogP contribution < -0.4 is 5.32 Å². The van der Waals surface area contributed by atoms with E-state index in [-0.39, 0.29) is 6.04 Å². The van der Waals surface area contributed by atoms with Crippen LogP contribution in [0.15, 0.2) is 12.5 Å². The Kier molecular flexibility index (Phi) is 2.87. The van der Waals surface area contributed by atoms with Crippen molar-refractivity contribution >= 4 is 17.4 Å². The van der Waals surface area contributed by atoms with E-state index >= 15 is 0 Å². The number of anilines is 1. The average Bonchev–Trinajstić information content (AvgIpc) is 2.71. The number of hydrogen-bond acceptors (Lipinski definition) is 5. The molecule has 0 aromatic carbocycles. The standard InChI is InChI=1S/C11H13ClN6/c1-7-15-10-3-2-8(5-18(10)17-7)16-11-9(12)4-13-6-14-11/h4,6,8H,2-3,5H2,1H3,(H,13,14,16). The summed E-state index contributed by atoms with van der Waals surface area (Å²) in [4.78, 5) is 12.4. The summed E-state index contributed by atoms with van der Waals surface area (Å²) in [7, 11) is 0. The molecule has 0 spiro atoms. The maximum atomic E-state index is 6.03. The maximum Gasteiger partial charge on any atom is 0.148 e. The second kappa shape index (κ2) is 4.53. The van der Waals surface area contributed by atoms with E-state index in [1.165, 1.54) is 6.33 Å². The summed E-state index contributed by atoms with van der Waals surface area (Å²) >= 11 is 6.03. The van der Waals surface area contributed by atoms with E-state index < -0.39 is 0 Å². The molecule has 2 aromatic rings. The second-order valence-electron chi connectivity index (χ2n) is 4.36. The number of hydrogen-bond donors (Lipinski definition) is 1. The molecule has 0 bridgehead atoms. The van der Waals surface area contributed by atoms with E-state index in [1.54, 1.807) is 6.20 Å². The molecule has 1 aliphatic rings. The first-order chi connectivity index (χ1) is 8.72. The van der Waals surface area contributed by atoms with E-state index in [1.807, 2.05) is 11.6 Å². The van der Waals surface area contributed by atoms with Crippen molar-refractivity contribution in [3.63, 3.8) is 0 Å². The molecule has 2 aromatic heterocycles. The molecule has 6 nitrogen and oxygen atoms in total. The minimum atomic E-state index is 0.269. The van der Waals surface area contributed by atoms with Gasteiger partial charge < -0.3 is 5.32 Å². The van der Waals surface area contributed by atoms with Crippen LogP contribution in [-0.2, 0) is 13.0 Å². The highest BCUT2D eigenvalue weighted by Crippen LogP contribution is 2.21. The van der Waals surface area contributed by atoms with Crippen LogP contribution in [0.3, 0.4) is 0 Å². The number of halogens is 1. The van der Waals surface area contributed by atoms with Gasteiger partial charge in [0.2, 0.25) is 0 Å². The highest BCUT2D eigenvalue weighted by molar-refractivity contribution is 6.32. The third-order valence-electron chi connectivity index (χ3n) is 2.97. The minimum Gasteiger partial charge on any atom is -0.364 e. The third kappa shape index (κ3) is 2.15. The molecule has 94 valence electrons. The topological polar surface area (TPSA) is 68.5 Å². The van der Waals surface area contributed by atoms with Crippen LogP contribution in [0.5, 0.6) is 0 Å². The van der Waals surface area contributed by atoms with Crippen LogP contribution in [0, 0.1) is 6.92 Å². The van der Waals surface area contributed by atoms with Crippen molar-refractivity contribution in [3.8, 4) is 0 Å². The first-order valence-corrected chi connectivity index (χ1v) is 6.22. The first kappa shape index (κ1) is 11.4. The van der Waals surface area contributed by atoms with Gasteiger partial charge in [-0.15, -0.1) is 0 Å². The van der Waals surface area contributed by atoms with Gasteiger partial charge in [-0.2, -0.15) is 5.10 Å². The summed E-state index contributed by atoms with van der Waals surface area (Å²) in [6.07, 6.45) is 4.99. The highest BCUT2D eigenvalue weighted by atomic mass is 35.5. The van der Waals surface area contributed by atoms with Crippen LogP contribution in [0.25, 0.3) is 0 Å². The van der Waals surface area contributed by atoms with Crippen molar-refractivity contribution in [2.24, 2.45) is 0 Å². The molecule has 7 heteroatoms. The van der Waals surface area contributed by atoms with Crippen LogP contribution in [-0.4, -0.2) is 30.8 Å². The van der Waals surface area contributed by atoms with E-state index in [4.69, 9.17) is 11.6 Å². The Bertz CT molecular complexity index is 566. The van der Waals surface area contributed by atoms with Crippen molar-refractivity contribution in [2.45, 2.75) is 32.4 Å². The predicted octanol–water partition coefficient (Wildman–Crippen LogP) is 1.46. The van der Waals surface area contributed by atoms with Crippen LogP contribution >= 0.6 is 11.6 Å². The zero-order valence-corrected chi connectivity index (χ0v) is 10.7. The van der Waals surface area contributed by atoms with Gasteiger partial charge in [0.15, 0.2) is 0 Å². The molecule has 0 aliphatic carbocycles. The zero-order valence-electron chi connectivity index (χ0n) is 9.97. The summed E-state index contributed by atoms with van der Waals surface area (Å²) in [5, 5.41) is 8.23. The van der Waals surface area contributed by atoms with Gasteiger partial charge in [0.25, 0.3) is 0 Å². The summed E-state index contributed by atoms with van der Waals surface area (Å²) in [5.74, 6) is 2.56. The smallest absolute Gasteiger partial charge is 0.148 e. The Labute approximate surface area is 109 Å². The summed E-state index contributed by atoms with van der Waals surface area (Å²) < 4.78 is 1.95. The van der Waals surface area contributed by atoms with Crippen molar-refractivity contribution in [1.29, 1.82) is 0 Å². The fraction of sp³-hybridized carbons (Fsp3) is 0.455.